The maximum Gasteiger partial charge on any atom is 0.146 e. The molecule has 0 radical (unpaired) electrons. The number of anilines is 1. The molecule has 0 aliphatic heterocycles. The van der Waals surface area contributed by atoms with E-state index in [1.807, 2.05) is 31.2 Å². The summed E-state index contributed by atoms with van der Waals surface area (Å²) in [5.74, 6) is -0.410. The van der Waals surface area contributed by atoms with Gasteiger partial charge < -0.3 is 5.73 Å². The molecule has 2 N–H and O–H groups in total. The maximum atomic E-state index is 13.2. The Morgan fingerprint density at radius 2 is 1.94 bits per heavy atom. The van der Waals surface area contributed by atoms with Gasteiger partial charge in [-0.1, -0.05) is 18.2 Å². The van der Waals surface area contributed by atoms with Crippen molar-refractivity contribution in [1.29, 1.82) is 0 Å². The summed E-state index contributed by atoms with van der Waals surface area (Å²) in [6.45, 7) is 1.95. The molecule has 3 rings (SSSR count). The summed E-state index contributed by atoms with van der Waals surface area (Å²) in [7, 11) is 0. The Bertz CT molecular complexity index is 731. The van der Waals surface area contributed by atoms with Crippen LogP contribution < -0.4 is 5.73 Å². The minimum Gasteiger partial charge on any atom is -0.396 e. The van der Waals surface area contributed by atoms with E-state index >= 15 is 0 Å². The van der Waals surface area contributed by atoms with Crippen LogP contribution in [0.4, 0.5) is 10.1 Å². The number of hydrogen-bond acceptors (Lipinski definition) is 2. The molecule has 1 heterocycles. The predicted molar refractivity (Wildman–Crippen MR) is 70.2 cm³/mol. The molecule has 0 bridgehead atoms. The van der Waals surface area contributed by atoms with Crippen LogP contribution in [0.1, 0.15) is 5.69 Å². The van der Waals surface area contributed by atoms with E-state index in [1.54, 1.807) is 16.8 Å². The molecule has 3 aromatic rings. The Balaban J connectivity index is 2.28. The zero-order valence-electron chi connectivity index (χ0n) is 9.89. The number of halogens is 1. The van der Waals surface area contributed by atoms with Gasteiger partial charge in [0.25, 0.3) is 0 Å². The Hall–Kier alpha value is -2.36. The standard InChI is InChI=1S/C14H12FN3/c1-9-11-4-2-3-5-14(11)18(17-9)10-6-7-12(15)13(16)8-10/h2-8H,16H2,1H3. The molecule has 0 aliphatic carbocycles. The highest BCUT2D eigenvalue weighted by Crippen LogP contribution is 2.23. The van der Waals surface area contributed by atoms with Crippen molar-refractivity contribution in [3.05, 3.63) is 54.0 Å². The second kappa shape index (κ2) is 3.84. The maximum absolute atomic E-state index is 13.2. The van der Waals surface area contributed by atoms with Crippen molar-refractivity contribution in [3.63, 3.8) is 0 Å². The van der Waals surface area contributed by atoms with Crippen molar-refractivity contribution in [2.24, 2.45) is 0 Å². The van der Waals surface area contributed by atoms with E-state index in [4.69, 9.17) is 5.73 Å². The molecule has 4 heteroatoms. The molecular formula is C14H12FN3. The molecule has 0 saturated carbocycles. The summed E-state index contributed by atoms with van der Waals surface area (Å²) >= 11 is 0. The molecule has 0 fully saturated rings. The molecule has 0 unspecified atom stereocenters. The van der Waals surface area contributed by atoms with Crippen LogP contribution in [-0.4, -0.2) is 9.78 Å². The Labute approximate surface area is 104 Å². The SMILES string of the molecule is Cc1nn(-c2ccc(F)c(N)c2)c2ccccc12. The highest BCUT2D eigenvalue weighted by atomic mass is 19.1. The van der Waals surface area contributed by atoms with Gasteiger partial charge in [-0.3, -0.25) is 0 Å². The second-order valence-electron chi connectivity index (χ2n) is 4.22. The number of rotatable bonds is 1. The predicted octanol–water partition coefficient (Wildman–Crippen LogP) is 3.06. The van der Waals surface area contributed by atoms with Crippen LogP contribution in [0.15, 0.2) is 42.5 Å². The highest BCUT2D eigenvalue weighted by molar-refractivity contribution is 5.83. The number of aryl methyl sites for hydroxylation is 1. The third-order valence-corrected chi connectivity index (χ3v) is 3.00. The number of nitrogens with two attached hydrogens (primary N) is 1. The van der Waals surface area contributed by atoms with Crippen molar-refractivity contribution < 1.29 is 4.39 Å². The quantitative estimate of drug-likeness (QED) is 0.665. The van der Waals surface area contributed by atoms with Gasteiger partial charge >= 0.3 is 0 Å². The van der Waals surface area contributed by atoms with Gasteiger partial charge in [0.15, 0.2) is 0 Å². The smallest absolute Gasteiger partial charge is 0.146 e. The number of nitrogens with zero attached hydrogens (tertiary/aromatic N) is 2. The normalized spacial score (nSPS) is 11.0. The Morgan fingerprint density at radius 1 is 1.17 bits per heavy atom. The molecule has 2 aromatic carbocycles. The largest absolute Gasteiger partial charge is 0.396 e. The second-order valence-corrected chi connectivity index (χ2v) is 4.22. The molecule has 3 nitrogen and oxygen atoms in total. The number of para-hydroxylation sites is 1. The average molecular weight is 241 g/mol. The van der Waals surface area contributed by atoms with E-state index < -0.39 is 5.82 Å². The summed E-state index contributed by atoms with van der Waals surface area (Å²) < 4.78 is 15.0. The van der Waals surface area contributed by atoms with Crippen molar-refractivity contribution in [1.82, 2.24) is 9.78 Å². The van der Waals surface area contributed by atoms with Gasteiger partial charge in [-0.25, -0.2) is 9.07 Å². The number of aromatic nitrogens is 2. The van der Waals surface area contributed by atoms with E-state index in [1.165, 1.54) is 6.07 Å². The summed E-state index contributed by atoms with van der Waals surface area (Å²) in [5.41, 5.74) is 8.41. The number of benzene rings is 2. The lowest BCUT2D eigenvalue weighted by molar-refractivity contribution is 0.632. The van der Waals surface area contributed by atoms with E-state index in [-0.39, 0.29) is 5.69 Å². The first-order chi connectivity index (χ1) is 8.66. The Kier molecular flexibility index (Phi) is 2.30. The highest BCUT2D eigenvalue weighted by Gasteiger charge is 2.09. The zero-order valence-corrected chi connectivity index (χ0v) is 9.89. The van der Waals surface area contributed by atoms with Crippen molar-refractivity contribution >= 4 is 16.6 Å². The fourth-order valence-electron chi connectivity index (χ4n) is 2.08. The number of fused-ring (bicyclic) bond motifs is 1. The van der Waals surface area contributed by atoms with E-state index in [2.05, 4.69) is 5.10 Å². The first-order valence-electron chi connectivity index (χ1n) is 5.66. The van der Waals surface area contributed by atoms with Gasteiger partial charge in [-0.2, -0.15) is 5.10 Å². The topological polar surface area (TPSA) is 43.8 Å². The van der Waals surface area contributed by atoms with Crippen LogP contribution in [0.3, 0.4) is 0 Å². The minimum atomic E-state index is -0.410. The lowest BCUT2D eigenvalue weighted by Gasteiger charge is -2.05. The van der Waals surface area contributed by atoms with Gasteiger partial charge in [-0.05, 0) is 31.2 Å². The molecular weight excluding hydrogens is 229 g/mol. The van der Waals surface area contributed by atoms with Crippen molar-refractivity contribution in [3.8, 4) is 5.69 Å². The van der Waals surface area contributed by atoms with Crippen molar-refractivity contribution in [2.75, 3.05) is 5.73 Å². The fourth-order valence-corrected chi connectivity index (χ4v) is 2.08. The summed E-state index contributed by atoms with van der Waals surface area (Å²) in [6, 6.07) is 12.5. The number of nitrogen functional groups attached to an aromatic ring is 1. The van der Waals surface area contributed by atoms with Crippen LogP contribution in [0.5, 0.6) is 0 Å². The lowest BCUT2D eigenvalue weighted by atomic mass is 10.2. The van der Waals surface area contributed by atoms with Gasteiger partial charge in [0.2, 0.25) is 0 Å². The molecule has 0 saturated heterocycles. The summed E-state index contributed by atoms with van der Waals surface area (Å²) in [5, 5.41) is 5.55. The van der Waals surface area contributed by atoms with Gasteiger partial charge in [0, 0.05) is 5.39 Å². The molecule has 1 aromatic heterocycles. The van der Waals surface area contributed by atoms with Crippen molar-refractivity contribution in [2.45, 2.75) is 6.92 Å². The lowest BCUT2D eigenvalue weighted by Crippen LogP contribution is -1.99. The fraction of sp³-hybridized carbons (Fsp3) is 0.0714. The molecule has 0 atom stereocenters. The van der Waals surface area contributed by atoms with E-state index in [9.17, 15) is 4.39 Å². The summed E-state index contributed by atoms with van der Waals surface area (Å²) in [4.78, 5) is 0. The van der Waals surface area contributed by atoms with Crippen LogP contribution in [0.25, 0.3) is 16.6 Å². The monoisotopic (exact) mass is 241 g/mol. The average Bonchev–Trinajstić information content (AvgIpc) is 2.71. The van der Waals surface area contributed by atoms with E-state index in [0.717, 1.165) is 22.3 Å². The third-order valence-electron chi connectivity index (χ3n) is 3.00. The van der Waals surface area contributed by atoms with Gasteiger partial charge in [0.1, 0.15) is 5.82 Å². The Morgan fingerprint density at radius 3 is 2.72 bits per heavy atom. The molecule has 90 valence electrons. The first-order valence-corrected chi connectivity index (χ1v) is 5.66. The van der Waals surface area contributed by atoms with Gasteiger partial charge in [-0.15, -0.1) is 0 Å². The number of hydrogen-bond donors (Lipinski definition) is 1. The zero-order chi connectivity index (χ0) is 12.7. The molecule has 0 amide bonds. The van der Waals surface area contributed by atoms with E-state index in [0.29, 0.717) is 0 Å². The van der Waals surface area contributed by atoms with Crippen LogP contribution in [0, 0.1) is 12.7 Å². The first kappa shape index (κ1) is 10.8. The molecule has 18 heavy (non-hydrogen) atoms. The third kappa shape index (κ3) is 1.54. The van der Waals surface area contributed by atoms with Gasteiger partial charge in [0.05, 0.1) is 22.6 Å². The summed E-state index contributed by atoms with van der Waals surface area (Å²) in [6.07, 6.45) is 0. The van der Waals surface area contributed by atoms with Crippen LogP contribution >= 0.6 is 0 Å². The molecule has 0 aliphatic rings. The minimum absolute atomic E-state index is 0.129. The molecule has 0 spiro atoms. The van der Waals surface area contributed by atoms with Crippen LogP contribution in [0.2, 0.25) is 0 Å². The van der Waals surface area contributed by atoms with Crippen LogP contribution in [-0.2, 0) is 0 Å².